The number of aromatic amines is 1. The quantitative estimate of drug-likeness (QED) is 0.0138. The first-order valence-electron chi connectivity index (χ1n) is 40.7. The van der Waals surface area contributed by atoms with Gasteiger partial charge in [-0.1, -0.05) is 107 Å². The molecule has 0 fully saturated rings. The highest BCUT2D eigenvalue weighted by Crippen LogP contribution is 2.44. The van der Waals surface area contributed by atoms with Crippen LogP contribution in [0.5, 0.6) is 0 Å². The second-order valence-corrected chi connectivity index (χ2v) is 32.4. The molecule has 8 N–H and O–H groups in total. The number of nitrogens with two attached hydrogens (primary N) is 1. The number of H-pyrrole nitrogens is 1. The number of aromatic nitrogens is 13. The Labute approximate surface area is 844 Å². The summed E-state index contributed by atoms with van der Waals surface area (Å²) in [5.74, 6) is -2.00. The fourth-order valence-corrected chi connectivity index (χ4v) is 13.5. The molecule has 7 aromatic carbocycles. The number of aryl methyl sites for hydroxylation is 1. The highest BCUT2D eigenvalue weighted by Gasteiger charge is 2.43. The van der Waals surface area contributed by atoms with Crippen molar-refractivity contribution in [2.24, 2.45) is 0 Å². The minimum Gasteiger partial charge on any atom is -0.478 e. The summed E-state index contributed by atoms with van der Waals surface area (Å²) in [4.78, 5) is 65.7. The predicted octanol–water partition coefficient (Wildman–Crippen LogP) is 24.2. The number of pyridine rings is 3. The van der Waals surface area contributed by atoms with Gasteiger partial charge in [-0.25, -0.2) is 4.79 Å². The Hall–Kier alpha value is -15.4. The Bertz CT molecular complexity index is 7050. The number of carbonyl (C=O) groups excluding carboxylic acids is 2. The minimum absolute atomic E-state index is 0.00719. The largest absolute Gasteiger partial charge is 0.488 e. The molecule has 788 valence electrons. The number of carboxylic acid groups (broad SMARTS) is 1. The summed E-state index contributed by atoms with van der Waals surface area (Å²) in [6, 6.07) is 31.9. The molecule has 59 heteroatoms. The molecule has 0 aliphatic rings. The maximum atomic E-state index is 13.4. The number of halogens is 30. The Morgan fingerprint density at radius 3 is 1.03 bits per heavy atom. The Morgan fingerprint density at radius 1 is 0.389 bits per heavy atom. The van der Waals surface area contributed by atoms with E-state index in [-0.39, 0.29) is 75.8 Å². The van der Waals surface area contributed by atoms with Gasteiger partial charge in [0.05, 0.1) is 145 Å². The molecule has 0 unspecified atom stereocenters. The van der Waals surface area contributed by atoms with Gasteiger partial charge in [0, 0.05) is 75.6 Å². The van der Waals surface area contributed by atoms with E-state index in [0.29, 0.717) is 55.6 Å². The SMILES string of the molecule is Cc1cc(C(F)(F)F)ccc1CBr.Nc1cnn(Cc2ccc(C(F)(F)F)cc2C(F)(F)F)c1.O=C(Nc1cnn(Cc2ccc(C(F)(F)F)cc2C(F)(F)F)c1)c1cncc(-c2ccccc2)c1.O=C(Nc1cnn(Cc2ccc(C(F)(F)F)cc2C(F)(F)F)c1)c1cncc(Br)c1.O=C(O)c1cncc(Br)c1.O=[N+]([O-])c1cn[nH]c1.O=[N+]([O-])c1cnn(Cc2ccc(C(F)(F)F)cc2C(F)(F)F)c1.OB(O)c1ccccc1. The van der Waals surface area contributed by atoms with Crippen LogP contribution in [0.3, 0.4) is 0 Å². The lowest BCUT2D eigenvalue weighted by Gasteiger charge is -2.16. The topological polar surface area (TPSA) is 387 Å². The normalized spacial score (nSPS) is 11.6. The molecule has 15 rings (SSSR count). The summed E-state index contributed by atoms with van der Waals surface area (Å²) < 4.78 is 352. The molecule has 8 aromatic heterocycles. The van der Waals surface area contributed by atoms with Crippen LogP contribution < -0.4 is 21.8 Å². The summed E-state index contributed by atoms with van der Waals surface area (Å²) in [5, 5.41) is 72.3. The van der Waals surface area contributed by atoms with Crippen LogP contribution in [0.2, 0.25) is 0 Å². The molecule has 0 bridgehead atoms. The minimum atomic E-state index is -5.00. The first kappa shape index (κ1) is 119. The highest BCUT2D eigenvalue weighted by molar-refractivity contribution is 9.10. The van der Waals surface area contributed by atoms with E-state index >= 15 is 0 Å². The molecule has 15 aromatic rings. The second kappa shape index (κ2) is 50.8. The number of alkyl halides is 28. The molecule has 0 aliphatic carbocycles. The highest BCUT2D eigenvalue weighted by atomic mass is 79.9. The predicted molar refractivity (Wildman–Crippen MR) is 489 cm³/mol. The van der Waals surface area contributed by atoms with Crippen LogP contribution in [0.25, 0.3) is 11.1 Å². The number of amides is 2. The zero-order chi connectivity index (χ0) is 111. The van der Waals surface area contributed by atoms with E-state index in [1.54, 1.807) is 43.5 Å². The number of anilines is 3. The van der Waals surface area contributed by atoms with Crippen molar-refractivity contribution in [1.82, 2.24) is 64.3 Å². The molecule has 8 heterocycles. The molecule has 0 saturated carbocycles. The average Bonchev–Trinajstić information content (AvgIpc) is 1.29. The third-order valence-corrected chi connectivity index (χ3v) is 20.7. The van der Waals surface area contributed by atoms with Gasteiger partial charge >= 0.3 is 80.0 Å². The lowest BCUT2D eigenvalue weighted by molar-refractivity contribution is -0.385. The van der Waals surface area contributed by atoms with E-state index in [9.17, 15) is 153 Å². The number of carbonyl (C=O) groups is 3. The monoisotopic (exact) mass is 2320 g/mol. The third-order valence-electron chi connectivity index (χ3n) is 19.2. The molecule has 149 heavy (non-hydrogen) atoms. The third kappa shape index (κ3) is 37.2. The second-order valence-electron chi connectivity index (χ2n) is 30.0. The Balaban J connectivity index is 0.000000217. The van der Waals surface area contributed by atoms with Crippen LogP contribution in [-0.4, -0.2) is 114 Å². The van der Waals surface area contributed by atoms with Gasteiger partial charge in [0.15, 0.2) is 0 Å². The number of carboxylic acids is 1. The van der Waals surface area contributed by atoms with E-state index in [1.807, 2.05) is 36.4 Å². The molecule has 0 spiro atoms. The summed E-state index contributed by atoms with van der Waals surface area (Å²) in [7, 11) is -1.34. The van der Waals surface area contributed by atoms with Crippen LogP contribution in [-0.2, 0) is 87.1 Å². The fourth-order valence-electron chi connectivity index (χ4n) is 12.2. The first-order chi connectivity index (χ1) is 69.2. The molecule has 0 saturated heterocycles. The number of nitrogens with zero attached hydrogens (tertiary/aromatic N) is 14. The van der Waals surface area contributed by atoms with Gasteiger partial charge in [0.1, 0.15) is 18.6 Å². The van der Waals surface area contributed by atoms with Gasteiger partial charge in [-0.15, -0.1) is 0 Å². The van der Waals surface area contributed by atoms with Crippen molar-refractivity contribution >= 4 is 107 Å². The van der Waals surface area contributed by atoms with Gasteiger partial charge in [-0.3, -0.25) is 68.6 Å². The van der Waals surface area contributed by atoms with Crippen LogP contribution in [0.15, 0.2) is 278 Å². The number of nitrogens with one attached hydrogen (secondary N) is 3. The van der Waals surface area contributed by atoms with E-state index in [4.69, 9.17) is 20.9 Å². The lowest BCUT2D eigenvalue weighted by atomic mass is 9.81. The molecule has 0 aliphatic heterocycles. The molecule has 28 nitrogen and oxygen atoms in total. The van der Waals surface area contributed by atoms with Crippen molar-refractivity contribution in [3.8, 4) is 11.1 Å². The van der Waals surface area contributed by atoms with Crippen molar-refractivity contribution < 1.29 is 158 Å². The molecular weight excluding hydrogens is 2260 g/mol. The van der Waals surface area contributed by atoms with Crippen molar-refractivity contribution in [3.05, 3.63) is 398 Å². The van der Waals surface area contributed by atoms with E-state index in [2.05, 4.69) is 104 Å². The maximum Gasteiger partial charge on any atom is 0.488 e. The standard InChI is InChI=1S/C24H16F6N4O.C18H11BrF6N4O.C12H7F6N3O2.C12H9F6N3.C9H8BrF3.C6H7BO2.C6H4BrNO2.C3H3N3O2/c25-23(26,27)19-7-6-16(21(9-19)24(28,29)30)13-34-14-20(12-32-34)33-22(35)18-8-17(10-31-11-18)15-4-2-1-3-5-15;19-13-3-11(5-26-6-13)16(30)28-14-7-27-29(9-14)8-10-1-2-12(17(20,21)22)4-15(10)18(23,24)25;13-11(14,15)8-2-1-7(10(3-8)12(16,17)18)5-20-6-9(4-19-20)21(22)23;13-11(14,15)8-2-1-7(10(3-8)12(16,17)18)5-21-6-9(19)4-20-21;1-6-4-8(9(11,12)13)3-2-7(6)5-10;8-7(9)6-4-2-1-3-5-6;7-5-1-4(6(9)10)2-8-3-5;7-6(8)3-1-4-5-2-3/h1-12,14H,13H2,(H,33,35);1-7,9H,8H2,(H,28,30);1-4,6H,5H2;1-4,6H,5,19H2;2-4H,5H2,1H3;1-5,8-9H;1-3H,(H,9,10);1-2H,(H,4,5). The van der Waals surface area contributed by atoms with E-state index < -0.39 is 182 Å². The summed E-state index contributed by atoms with van der Waals surface area (Å²) in [6.07, 6.45) is -23.5. The van der Waals surface area contributed by atoms with Crippen molar-refractivity contribution in [2.45, 2.75) is 94.0 Å². The fraction of sp³-hybridized carbons (Fsp3) is 0.167. The van der Waals surface area contributed by atoms with Gasteiger partial charge < -0.3 is 31.5 Å². The maximum absolute atomic E-state index is 13.4. The smallest absolute Gasteiger partial charge is 0.478 e. The van der Waals surface area contributed by atoms with E-state index in [1.165, 1.54) is 92.6 Å². The lowest BCUT2D eigenvalue weighted by Crippen LogP contribution is -2.29. The number of hydrogen-bond donors (Lipinski definition) is 7. The summed E-state index contributed by atoms with van der Waals surface area (Å²) in [5.41, 5.74) is -3.48. The average molecular weight is 2320 g/mol. The van der Waals surface area contributed by atoms with Gasteiger partial charge in [-0.05, 0) is 162 Å². The van der Waals surface area contributed by atoms with Gasteiger partial charge in [-0.2, -0.15) is 144 Å². The number of aromatic carboxylic acids is 1. The van der Waals surface area contributed by atoms with Crippen LogP contribution in [0, 0.1) is 27.2 Å². The van der Waals surface area contributed by atoms with Crippen LogP contribution >= 0.6 is 47.8 Å². The van der Waals surface area contributed by atoms with Crippen LogP contribution in [0.1, 0.15) is 115 Å². The molecular formula is C90H65BBr3F27N18O10. The zero-order valence-electron chi connectivity index (χ0n) is 74.4. The van der Waals surface area contributed by atoms with E-state index in [0.717, 1.165) is 84.3 Å². The van der Waals surface area contributed by atoms with Crippen molar-refractivity contribution in [2.75, 3.05) is 16.4 Å². The number of benzene rings is 7. The van der Waals surface area contributed by atoms with Crippen molar-refractivity contribution in [3.63, 3.8) is 0 Å². The number of hydrogen-bond acceptors (Lipinski definition) is 18. The Kier molecular flexibility index (Phi) is 40.5. The summed E-state index contributed by atoms with van der Waals surface area (Å²) >= 11 is 9.48. The number of nitro groups is 2. The van der Waals surface area contributed by atoms with Gasteiger partial charge in [0.25, 0.3) is 11.8 Å². The van der Waals surface area contributed by atoms with Crippen LogP contribution in [0.4, 0.5) is 147 Å². The van der Waals surface area contributed by atoms with Crippen molar-refractivity contribution in [1.29, 1.82) is 0 Å². The Morgan fingerprint density at radius 2 is 0.725 bits per heavy atom. The molecule has 0 radical (unpaired) electrons. The zero-order valence-corrected chi connectivity index (χ0v) is 79.2. The number of nitrogen functional groups attached to an aromatic ring is 1. The summed E-state index contributed by atoms with van der Waals surface area (Å²) in [6.45, 7) is -0.105. The number of rotatable bonds is 18. The molecule has 0 atom stereocenters. The first-order valence-corrected chi connectivity index (χ1v) is 43.4. The molecule has 2 amide bonds. The van der Waals surface area contributed by atoms with Gasteiger partial charge in [0.2, 0.25) is 0 Å².